The van der Waals surface area contributed by atoms with E-state index in [1.165, 1.54) is 6.07 Å². The van der Waals surface area contributed by atoms with E-state index in [0.29, 0.717) is 17.8 Å². The first-order chi connectivity index (χ1) is 8.70. The number of rotatable bonds is 4. The molecule has 0 amide bonds. The summed E-state index contributed by atoms with van der Waals surface area (Å²) in [6.07, 6.45) is 4.48. The Kier molecular flexibility index (Phi) is 4.59. The fraction of sp³-hybridized carbons (Fsp3) is 0.600. The van der Waals surface area contributed by atoms with Crippen LogP contribution in [0.3, 0.4) is 0 Å². The van der Waals surface area contributed by atoms with Crippen LogP contribution in [0.25, 0.3) is 0 Å². The number of anilines is 1. The smallest absolute Gasteiger partial charge is 0.146 e. The molecule has 0 aliphatic carbocycles. The summed E-state index contributed by atoms with van der Waals surface area (Å²) < 4.78 is 19.5. The van der Waals surface area contributed by atoms with Crippen LogP contribution < -0.4 is 5.32 Å². The highest BCUT2D eigenvalue weighted by molar-refractivity contribution is 5.52. The standard InChI is InChI=1S/C15H22FNO/c1-3-5-13-10-12(8-9-18-13)17-15-11(2)6-4-7-14(15)16/h4,6-7,12-13,17H,3,5,8-10H2,1-2H3. The lowest BCUT2D eigenvalue weighted by atomic mass is 9.99. The van der Waals surface area contributed by atoms with Crippen LogP contribution in [0, 0.1) is 12.7 Å². The van der Waals surface area contributed by atoms with Crippen molar-refractivity contribution >= 4 is 5.69 Å². The molecule has 2 rings (SSSR count). The topological polar surface area (TPSA) is 21.3 Å². The van der Waals surface area contributed by atoms with Gasteiger partial charge in [-0.05, 0) is 37.8 Å². The molecule has 0 spiro atoms. The zero-order chi connectivity index (χ0) is 13.0. The van der Waals surface area contributed by atoms with Crippen LogP contribution in [-0.2, 0) is 4.74 Å². The first-order valence-electron chi connectivity index (χ1n) is 6.84. The van der Waals surface area contributed by atoms with E-state index in [2.05, 4.69) is 12.2 Å². The van der Waals surface area contributed by atoms with Crippen LogP contribution >= 0.6 is 0 Å². The SMILES string of the molecule is CCCC1CC(Nc2c(C)cccc2F)CCO1. The maximum absolute atomic E-state index is 13.8. The van der Waals surface area contributed by atoms with Gasteiger partial charge in [0.25, 0.3) is 0 Å². The molecule has 1 N–H and O–H groups in total. The van der Waals surface area contributed by atoms with E-state index in [1.54, 1.807) is 6.07 Å². The molecule has 2 unspecified atom stereocenters. The van der Waals surface area contributed by atoms with Gasteiger partial charge in [-0.15, -0.1) is 0 Å². The number of hydrogen-bond donors (Lipinski definition) is 1. The molecule has 0 saturated carbocycles. The highest BCUT2D eigenvalue weighted by atomic mass is 19.1. The van der Waals surface area contributed by atoms with Gasteiger partial charge < -0.3 is 10.1 Å². The van der Waals surface area contributed by atoms with Crippen molar-refractivity contribution in [1.29, 1.82) is 0 Å². The van der Waals surface area contributed by atoms with Crippen molar-refractivity contribution in [2.75, 3.05) is 11.9 Å². The van der Waals surface area contributed by atoms with Gasteiger partial charge in [-0.2, -0.15) is 0 Å². The second-order valence-electron chi connectivity index (χ2n) is 5.08. The zero-order valence-corrected chi connectivity index (χ0v) is 11.2. The third-order valence-electron chi connectivity index (χ3n) is 3.55. The molecular formula is C15H22FNO. The third-order valence-corrected chi connectivity index (χ3v) is 3.55. The molecule has 1 aromatic rings. The van der Waals surface area contributed by atoms with E-state index >= 15 is 0 Å². The average molecular weight is 251 g/mol. The lowest BCUT2D eigenvalue weighted by Crippen LogP contribution is -2.34. The Morgan fingerprint density at radius 3 is 3.00 bits per heavy atom. The Morgan fingerprint density at radius 2 is 2.28 bits per heavy atom. The van der Waals surface area contributed by atoms with Crippen molar-refractivity contribution < 1.29 is 9.13 Å². The summed E-state index contributed by atoms with van der Waals surface area (Å²) in [5.74, 6) is -0.159. The predicted molar refractivity (Wildman–Crippen MR) is 72.4 cm³/mol. The first kappa shape index (κ1) is 13.3. The summed E-state index contributed by atoms with van der Waals surface area (Å²) in [6, 6.07) is 5.53. The quantitative estimate of drug-likeness (QED) is 0.876. The molecule has 0 aromatic heterocycles. The molecule has 3 heteroatoms. The molecular weight excluding hydrogens is 229 g/mol. The zero-order valence-electron chi connectivity index (χ0n) is 11.2. The van der Waals surface area contributed by atoms with Gasteiger partial charge in [-0.3, -0.25) is 0 Å². The van der Waals surface area contributed by atoms with Crippen molar-refractivity contribution in [2.45, 2.75) is 51.7 Å². The minimum Gasteiger partial charge on any atom is -0.380 e. The fourth-order valence-corrected chi connectivity index (χ4v) is 2.55. The van der Waals surface area contributed by atoms with E-state index in [1.807, 2.05) is 13.0 Å². The lowest BCUT2D eigenvalue weighted by molar-refractivity contribution is 0.00592. The van der Waals surface area contributed by atoms with Gasteiger partial charge in [0.2, 0.25) is 0 Å². The predicted octanol–water partition coefficient (Wildman–Crippen LogP) is 3.89. The number of hydrogen-bond acceptors (Lipinski definition) is 2. The Morgan fingerprint density at radius 1 is 1.44 bits per heavy atom. The molecule has 2 atom stereocenters. The molecule has 100 valence electrons. The molecule has 1 fully saturated rings. The van der Waals surface area contributed by atoms with Crippen molar-refractivity contribution in [1.82, 2.24) is 0 Å². The van der Waals surface area contributed by atoms with Crippen molar-refractivity contribution in [3.05, 3.63) is 29.6 Å². The summed E-state index contributed by atoms with van der Waals surface area (Å²) in [6.45, 7) is 4.88. The molecule has 1 aliphatic rings. The Hall–Kier alpha value is -1.09. The van der Waals surface area contributed by atoms with Gasteiger partial charge in [-0.1, -0.05) is 25.5 Å². The van der Waals surface area contributed by atoms with Crippen LogP contribution in [0.4, 0.5) is 10.1 Å². The molecule has 0 bridgehead atoms. The average Bonchev–Trinajstić information content (AvgIpc) is 2.35. The molecule has 1 saturated heterocycles. The number of ether oxygens (including phenoxy) is 1. The van der Waals surface area contributed by atoms with Crippen molar-refractivity contribution in [3.63, 3.8) is 0 Å². The lowest BCUT2D eigenvalue weighted by Gasteiger charge is -2.31. The van der Waals surface area contributed by atoms with E-state index in [-0.39, 0.29) is 5.82 Å². The van der Waals surface area contributed by atoms with Crippen LogP contribution in [0.5, 0.6) is 0 Å². The van der Waals surface area contributed by atoms with Crippen LogP contribution in [0.15, 0.2) is 18.2 Å². The van der Waals surface area contributed by atoms with E-state index in [9.17, 15) is 4.39 Å². The van der Waals surface area contributed by atoms with E-state index in [4.69, 9.17) is 4.74 Å². The Balaban J connectivity index is 2.00. The second kappa shape index (κ2) is 6.19. The Bertz CT molecular complexity index is 372. The number of para-hydroxylation sites is 1. The highest BCUT2D eigenvalue weighted by Gasteiger charge is 2.22. The Labute approximate surface area is 109 Å². The third kappa shape index (κ3) is 3.22. The van der Waals surface area contributed by atoms with Gasteiger partial charge >= 0.3 is 0 Å². The number of halogens is 1. The maximum Gasteiger partial charge on any atom is 0.146 e. The maximum atomic E-state index is 13.8. The van der Waals surface area contributed by atoms with Gasteiger partial charge in [0.15, 0.2) is 0 Å². The normalized spacial score (nSPS) is 23.9. The number of aryl methyl sites for hydroxylation is 1. The summed E-state index contributed by atoms with van der Waals surface area (Å²) in [5, 5.41) is 3.35. The van der Waals surface area contributed by atoms with E-state index in [0.717, 1.165) is 37.9 Å². The highest BCUT2D eigenvalue weighted by Crippen LogP contribution is 2.25. The molecule has 18 heavy (non-hydrogen) atoms. The van der Waals surface area contributed by atoms with Crippen LogP contribution in [-0.4, -0.2) is 18.8 Å². The summed E-state index contributed by atoms with van der Waals surface area (Å²) in [4.78, 5) is 0. The molecule has 1 heterocycles. The first-order valence-corrected chi connectivity index (χ1v) is 6.84. The van der Waals surface area contributed by atoms with Crippen LogP contribution in [0.2, 0.25) is 0 Å². The van der Waals surface area contributed by atoms with Gasteiger partial charge in [0.1, 0.15) is 5.82 Å². The molecule has 2 nitrogen and oxygen atoms in total. The minimum absolute atomic E-state index is 0.159. The monoisotopic (exact) mass is 251 g/mol. The van der Waals surface area contributed by atoms with Crippen molar-refractivity contribution in [2.24, 2.45) is 0 Å². The van der Waals surface area contributed by atoms with Crippen LogP contribution in [0.1, 0.15) is 38.2 Å². The van der Waals surface area contributed by atoms with Gasteiger partial charge in [0, 0.05) is 12.6 Å². The van der Waals surface area contributed by atoms with E-state index < -0.39 is 0 Å². The molecule has 1 aromatic carbocycles. The number of benzene rings is 1. The van der Waals surface area contributed by atoms with Gasteiger partial charge in [-0.25, -0.2) is 4.39 Å². The fourth-order valence-electron chi connectivity index (χ4n) is 2.55. The van der Waals surface area contributed by atoms with Crippen molar-refractivity contribution in [3.8, 4) is 0 Å². The second-order valence-corrected chi connectivity index (χ2v) is 5.08. The summed E-state index contributed by atoms with van der Waals surface area (Å²) in [5.41, 5.74) is 1.62. The minimum atomic E-state index is -0.159. The summed E-state index contributed by atoms with van der Waals surface area (Å²) in [7, 11) is 0. The number of nitrogens with one attached hydrogen (secondary N) is 1. The summed E-state index contributed by atoms with van der Waals surface area (Å²) >= 11 is 0. The van der Waals surface area contributed by atoms with Gasteiger partial charge in [0.05, 0.1) is 11.8 Å². The largest absolute Gasteiger partial charge is 0.380 e. The molecule has 1 aliphatic heterocycles. The molecule has 0 radical (unpaired) electrons.